The van der Waals surface area contributed by atoms with Gasteiger partial charge in [0.1, 0.15) is 0 Å². The third kappa shape index (κ3) is 1.98. The van der Waals surface area contributed by atoms with E-state index in [4.69, 9.17) is 0 Å². The minimum Gasteiger partial charge on any atom is -0.357 e. The Morgan fingerprint density at radius 2 is 1.90 bits per heavy atom. The van der Waals surface area contributed by atoms with E-state index in [1.54, 1.807) is 0 Å². The lowest BCUT2D eigenvalue weighted by molar-refractivity contribution is 0.637. The average molecular weight is 327 g/mol. The molecule has 0 bridgehead atoms. The highest BCUT2D eigenvalue weighted by Gasteiger charge is 2.15. The molecule has 100 valence electrons. The van der Waals surface area contributed by atoms with Gasteiger partial charge in [0, 0.05) is 27.6 Å². The zero-order valence-corrected chi connectivity index (χ0v) is 12.6. The number of rotatable bonds is 1. The number of aromatic nitrogens is 1. The number of hydrogen-bond donors (Lipinski definition) is 2. The van der Waals surface area contributed by atoms with Crippen molar-refractivity contribution in [2.45, 2.75) is 13.0 Å². The first-order valence-corrected chi connectivity index (χ1v) is 7.71. The molecule has 2 N–H and O–H groups in total. The van der Waals surface area contributed by atoms with Crippen LogP contribution in [0.5, 0.6) is 0 Å². The molecule has 0 amide bonds. The summed E-state index contributed by atoms with van der Waals surface area (Å²) in [4.78, 5) is 3.53. The Morgan fingerprint density at radius 1 is 1.00 bits per heavy atom. The monoisotopic (exact) mass is 326 g/mol. The van der Waals surface area contributed by atoms with Gasteiger partial charge in [0.25, 0.3) is 0 Å². The third-order valence-corrected chi connectivity index (χ3v) is 4.50. The fourth-order valence-electron chi connectivity index (χ4n) is 3.01. The minimum absolute atomic E-state index is 0.955. The molecule has 0 radical (unpaired) electrons. The van der Waals surface area contributed by atoms with E-state index in [0.717, 1.165) is 24.0 Å². The number of nitrogens with one attached hydrogen (secondary N) is 2. The predicted octanol–water partition coefficient (Wildman–Crippen LogP) is 4.24. The normalized spacial score (nSPS) is 14.4. The van der Waals surface area contributed by atoms with Crippen LogP contribution in [-0.2, 0) is 13.0 Å². The molecule has 0 aliphatic carbocycles. The maximum Gasteiger partial charge on any atom is 0.0459 e. The quantitative estimate of drug-likeness (QED) is 0.687. The van der Waals surface area contributed by atoms with E-state index in [1.165, 1.54) is 33.3 Å². The molecule has 20 heavy (non-hydrogen) atoms. The summed E-state index contributed by atoms with van der Waals surface area (Å²) in [5.74, 6) is 0. The van der Waals surface area contributed by atoms with E-state index in [2.05, 4.69) is 68.7 Å². The summed E-state index contributed by atoms with van der Waals surface area (Å²) >= 11 is 3.55. The van der Waals surface area contributed by atoms with E-state index in [0.29, 0.717) is 0 Å². The molecule has 2 heterocycles. The van der Waals surface area contributed by atoms with Gasteiger partial charge in [-0.2, -0.15) is 0 Å². The van der Waals surface area contributed by atoms with Gasteiger partial charge in [-0.1, -0.05) is 34.1 Å². The Hall–Kier alpha value is -1.58. The van der Waals surface area contributed by atoms with Crippen molar-refractivity contribution in [2.24, 2.45) is 0 Å². The van der Waals surface area contributed by atoms with Crippen LogP contribution in [0.2, 0.25) is 0 Å². The van der Waals surface area contributed by atoms with Crippen molar-refractivity contribution in [2.75, 3.05) is 6.54 Å². The number of hydrogen-bond acceptors (Lipinski definition) is 1. The van der Waals surface area contributed by atoms with Crippen molar-refractivity contribution in [3.05, 3.63) is 58.2 Å². The summed E-state index contributed by atoms with van der Waals surface area (Å²) in [6.45, 7) is 2.03. The van der Waals surface area contributed by atoms with Crippen LogP contribution in [0.15, 0.2) is 46.9 Å². The second-order valence-corrected chi connectivity index (χ2v) is 6.20. The Labute approximate surface area is 126 Å². The molecule has 4 rings (SSSR count). The molecule has 1 aromatic heterocycles. The molecule has 0 unspecified atom stereocenters. The Balaban J connectivity index is 1.90. The standard InChI is InChI=1S/C17H15BrN2/c18-13-3-1-2-11(8-13)12-4-5-16-15(9-12)14-6-7-19-10-17(14)20-16/h1-5,8-9,19-20H,6-7,10H2. The SMILES string of the molecule is Brc1cccc(-c2ccc3[nH]c4c(c3c2)CCNC4)c1. The Morgan fingerprint density at radius 3 is 2.80 bits per heavy atom. The topological polar surface area (TPSA) is 27.8 Å². The van der Waals surface area contributed by atoms with Crippen LogP contribution in [0.25, 0.3) is 22.0 Å². The lowest BCUT2D eigenvalue weighted by atomic mass is 10.00. The lowest BCUT2D eigenvalue weighted by Gasteiger charge is -2.12. The van der Waals surface area contributed by atoms with Crippen molar-refractivity contribution >= 4 is 26.8 Å². The highest BCUT2D eigenvalue weighted by atomic mass is 79.9. The molecule has 2 nitrogen and oxygen atoms in total. The molecule has 3 heteroatoms. The second-order valence-electron chi connectivity index (χ2n) is 5.28. The van der Waals surface area contributed by atoms with Crippen molar-refractivity contribution in [1.82, 2.24) is 10.3 Å². The first kappa shape index (κ1) is 12.2. The molecule has 1 aliphatic rings. The van der Waals surface area contributed by atoms with Gasteiger partial charge in [0.05, 0.1) is 0 Å². The van der Waals surface area contributed by atoms with E-state index in [-0.39, 0.29) is 0 Å². The molecule has 0 atom stereocenters. The van der Waals surface area contributed by atoms with E-state index in [1.807, 2.05) is 0 Å². The Kier molecular flexibility index (Phi) is 2.90. The largest absolute Gasteiger partial charge is 0.357 e. The third-order valence-electron chi connectivity index (χ3n) is 4.01. The number of benzene rings is 2. The molecular weight excluding hydrogens is 312 g/mol. The minimum atomic E-state index is 0.955. The molecule has 0 spiro atoms. The van der Waals surface area contributed by atoms with Crippen LogP contribution in [0.4, 0.5) is 0 Å². The maximum atomic E-state index is 3.55. The second kappa shape index (κ2) is 4.76. The van der Waals surface area contributed by atoms with E-state index in [9.17, 15) is 0 Å². The van der Waals surface area contributed by atoms with Gasteiger partial charge in [-0.3, -0.25) is 0 Å². The fourth-order valence-corrected chi connectivity index (χ4v) is 3.41. The molecule has 1 aliphatic heterocycles. The summed E-state index contributed by atoms with van der Waals surface area (Å²) < 4.78 is 1.12. The highest BCUT2D eigenvalue weighted by Crippen LogP contribution is 2.30. The smallest absolute Gasteiger partial charge is 0.0459 e. The van der Waals surface area contributed by atoms with E-state index < -0.39 is 0 Å². The summed E-state index contributed by atoms with van der Waals surface area (Å²) in [6, 6.07) is 15.2. The van der Waals surface area contributed by atoms with Gasteiger partial charge in [-0.15, -0.1) is 0 Å². The van der Waals surface area contributed by atoms with Crippen LogP contribution in [0.1, 0.15) is 11.3 Å². The van der Waals surface area contributed by atoms with Gasteiger partial charge in [-0.25, -0.2) is 0 Å². The number of fused-ring (bicyclic) bond motifs is 3. The fraction of sp³-hybridized carbons (Fsp3) is 0.176. The van der Waals surface area contributed by atoms with Crippen molar-refractivity contribution < 1.29 is 0 Å². The summed E-state index contributed by atoms with van der Waals surface area (Å²) in [6.07, 6.45) is 1.11. The highest BCUT2D eigenvalue weighted by molar-refractivity contribution is 9.10. The molecule has 2 aromatic carbocycles. The molecular formula is C17H15BrN2. The van der Waals surface area contributed by atoms with Crippen LogP contribution >= 0.6 is 15.9 Å². The zero-order valence-electron chi connectivity index (χ0n) is 11.0. The number of H-pyrrole nitrogens is 1. The predicted molar refractivity (Wildman–Crippen MR) is 86.8 cm³/mol. The lowest BCUT2D eigenvalue weighted by Crippen LogP contribution is -2.22. The van der Waals surface area contributed by atoms with Gasteiger partial charge < -0.3 is 10.3 Å². The van der Waals surface area contributed by atoms with Gasteiger partial charge in [-0.05, 0) is 53.9 Å². The van der Waals surface area contributed by atoms with Crippen molar-refractivity contribution in [3.8, 4) is 11.1 Å². The van der Waals surface area contributed by atoms with E-state index >= 15 is 0 Å². The van der Waals surface area contributed by atoms with Crippen molar-refractivity contribution in [1.29, 1.82) is 0 Å². The maximum absolute atomic E-state index is 3.55. The first-order valence-electron chi connectivity index (χ1n) is 6.91. The first-order chi connectivity index (χ1) is 9.81. The molecule has 0 fully saturated rings. The van der Waals surface area contributed by atoms with Crippen LogP contribution in [0, 0.1) is 0 Å². The van der Waals surface area contributed by atoms with Crippen LogP contribution in [0.3, 0.4) is 0 Å². The zero-order chi connectivity index (χ0) is 13.5. The van der Waals surface area contributed by atoms with Crippen molar-refractivity contribution in [3.63, 3.8) is 0 Å². The molecule has 0 saturated heterocycles. The van der Waals surface area contributed by atoms with Crippen LogP contribution < -0.4 is 5.32 Å². The Bertz CT molecular complexity index is 789. The van der Waals surface area contributed by atoms with Crippen LogP contribution in [-0.4, -0.2) is 11.5 Å². The number of halogens is 1. The number of aromatic amines is 1. The molecule has 3 aromatic rings. The van der Waals surface area contributed by atoms with Gasteiger partial charge in [0.15, 0.2) is 0 Å². The van der Waals surface area contributed by atoms with Gasteiger partial charge >= 0.3 is 0 Å². The molecule has 0 saturated carbocycles. The average Bonchev–Trinajstić information content (AvgIpc) is 2.85. The summed E-state index contributed by atoms with van der Waals surface area (Å²) in [5, 5.41) is 4.79. The summed E-state index contributed by atoms with van der Waals surface area (Å²) in [5.41, 5.74) is 6.61. The summed E-state index contributed by atoms with van der Waals surface area (Å²) in [7, 11) is 0. The van der Waals surface area contributed by atoms with Gasteiger partial charge in [0.2, 0.25) is 0 Å².